The van der Waals surface area contributed by atoms with Crippen molar-refractivity contribution in [1.82, 2.24) is 9.62 Å². The summed E-state index contributed by atoms with van der Waals surface area (Å²) in [7, 11) is -2.54. The predicted octanol–water partition coefficient (Wildman–Crippen LogP) is 3.36. The number of methoxy groups -OCH3 is 1. The zero-order chi connectivity index (χ0) is 27.1. The molecule has 1 amide bonds. The Kier molecular flexibility index (Phi) is 9.94. The first-order valence-corrected chi connectivity index (χ1v) is 13.9. The van der Waals surface area contributed by atoms with Crippen molar-refractivity contribution in [3.8, 4) is 5.75 Å². The van der Waals surface area contributed by atoms with Crippen molar-refractivity contribution in [3.63, 3.8) is 0 Å². The van der Waals surface area contributed by atoms with E-state index in [0.717, 1.165) is 18.4 Å². The van der Waals surface area contributed by atoms with Crippen molar-refractivity contribution < 1.29 is 32.5 Å². The predicted molar refractivity (Wildman–Crippen MR) is 140 cm³/mol. The van der Waals surface area contributed by atoms with Crippen molar-refractivity contribution in [2.75, 3.05) is 26.8 Å². The molecule has 1 saturated heterocycles. The second-order valence-corrected chi connectivity index (χ2v) is 12.1. The highest BCUT2D eigenvalue weighted by atomic mass is 32.2. The molecular formula is C27H38N2O7S. The van der Waals surface area contributed by atoms with Gasteiger partial charge in [0, 0.05) is 25.8 Å². The number of carbonyl (C=O) groups is 1. The zero-order valence-electron chi connectivity index (χ0n) is 21.9. The van der Waals surface area contributed by atoms with Crippen molar-refractivity contribution in [2.24, 2.45) is 0 Å². The van der Waals surface area contributed by atoms with Crippen molar-refractivity contribution in [2.45, 2.75) is 68.8 Å². The molecule has 3 atom stereocenters. The molecule has 0 saturated carbocycles. The van der Waals surface area contributed by atoms with E-state index in [1.165, 1.54) is 23.5 Å². The summed E-state index contributed by atoms with van der Waals surface area (Å²) in [6.07, 6.45) is -0.336. The summed E-state index contributed by atoms with van der Waals surface area (Å²) in [4.78, 5) is 12.7. The maximum Gasteiger partial charge on any atom is 0.407 e. The number of carbonyl (C=O) groups excluding carboxylic acids is 1. The third-order valence-electron chi connectivity index (χ3n) is 5.97. The number of aliphatic hydroxyl groups excluding tert-OH is 1. The summed E-state index contributed by atoms with van der Waals surface area (Å²) in [6, 6.07) is 14.8. The fraction of sp³-hybridized carbons (Fsp3) is 0.519. The van der Waals surface area contributed by atoms with Gasteiger partial charge < -0.3 is 24.6 Å². The van der Waals surface area contributed by atoms with Gasteiger partial charge in [0.25, 0.3) is 0 Å². The Hall–Kier alpha value is -2.66. The van der Waals surface area contributed by atoms with E-state index in [0.29, 0.717) is 12.4 Å². The van der Waals surface area contributed by atoms with Gasteiger partial charge in [-0.25, -0.2) is 13.2 Å². The minimum absolute atomic E-state index is 0.0526. The third-order valence-corrected chi connectivity index (χ3v) is 7.79. The lowest BCUT2D eigenvalue weighted by Gasteiger charge is -2.31. The number of benzene rings is 2. The molecule has 204 valence electrons. The number of ether oxygens (including phenoxy) is 3. The lowest BCUT2D eigenvalue weighted by atomic mass is 10.0. The maximum absolute atomic E-state index is 13.7. The molecule has 3 rings (SSSR count). The van der Waals surface area contributed by atoms with Crippen molar-refractivity contribution in [3.05, 3.63) is 60.2 Å². The first-order chi connectivity index (χ1) is 17.5. The molecule has 0 bridgehead atoms. The number of rotatable bonds is 11. The highest BCUT2D eigenvalue weighted by Crippen LogP contribution is 2.24. The molecule has 2 aromatic rings. The van der Waals surface area contributed by atoms with Crippen molar-refractivity contribution >= 4 is 16.1 Å². The Morgan fingerprint density at radius 3 is 2.54 bits per heavy atom. The molecular weight excluding hydrogens is 496 g/mol. The van der Waals surface area contributed by atoms with Crippen LogP contribution in [0.15, 0.2) is 59.5 Å². The van der Waals surface area contributed by atoms with Gasteiger partial charge in [-0.3, -0.25) is 0 Å². The normalized spacial score (nSPS) is 17.8. The largest absolute Gasteiger partial charge is 0.497 e. The molecule has 2 N–H and O–H groups in total. The van der Waals surface area contributed by atoms with E-state index in [9.17, 15) is 18.3 Å². The van der Waals surface area contributed by atoms with Crippen LogP contribution < -0.4 is 10.1 Å². The van der Waals surface area contributed by atoms with Crippen LogP contribution in [0.4, 0.5) is 4.79 Å². The lowest BCUT2D eigenvalue weighted by molar-refractivity contribution is 0.0373. The molecule has 0 unspecified atom stereocenters. The highest BCUT2D eigenvalue weighted by molar-refractivity contribution is 7.89. The average Bonchev–Trinajstić information content (AvgIpc) is 3.36. The van der Waals surface area contributed by atoms with E-state index in [-0.39, 0.29) is 30.5 Å². The number of hydrogen-bond acceptors (Lipinski definition) is 7. The molecule has 0 aromatic heterocycles. The van der Waals surface area contributed by atoms with Crippen LogP contribution in [0.2, 0.25) is 0 Å². The van der Waals surface area contributed by atoms with Gasteiger partial charge in [0.1, 0.15) is 11.4 Å². The lowest BCUT2D eigenvalue weighted by Crippen LogP contribution is -2.52. The Labute approximate surface area is 219 Å². The molecule has 1 aliphatic heterocycles. The summed E-state index contributed by atoms with van der Waals surface area (Å²) < 4.78 is 45.0. The van der Waals surface area contributed by atoms with Crippen LogP contribution in [0.1, 0.15) is 39.2 Å². The molecule has 2 aromatic carbocycles. The van der Waals surface area contributed by atoms with E-state index in [1.54, 1.807) is 32.9 Å². The van der Waals surface area contributed by atoms with Gasteiger partial charge in [0.15, 0.2) is 0 Å². The summed E-state index contributed by atoms with van der Waals surface area (Å²) in [5, 5.41) is 14.1. The van der Waals surface area contributed by atoms with E-state index in [4.69, 9.17) is 14.2 Å². The number of hydrogen-bond donors (Lipinski definition) is 2. The van der Waals surface area contributed by atoms with Crippen LogP contribution in [-0.4, -0.2) is 74.6 Å². The molecule has 0 radical (unpaired) electrons. The van der Waals surface area contributed by atoms with Crippen LogP contribution >= 0.6 is 0 Å². The standard InChI is InChI=1S/C27H38N2O7S/c1-27(2,3)36-26(31)28-24(16-20-10-6-5-7-11-20)25(30)19-29(18-22-13-9-15-35-22)37(32,33)23-14-8-12-21(17-23)34-4/h5-8,10-12,14,17,22,24-25,30H,9,13,15-16,18-19H2,1-4H3,(H,28,31)/t22-,24+,25-/m1/s1. The number of alkyl carbamates (subject to hydrolysis) is 1. The summed E-state index contributed by atoms with van der Waals surface area (Å²) in [5.41, 5.74) is 0.150. The zero-order valence-corrected chi connectivity index (χ0v) is 22.7. The SMILES string of the molecule is COc1cccc(S(=O)(=O)N(C[C@H]2CCCO2)C[C@@H](O)[C@H](Cc2ccccc2)NC(=O)OC(C)(C)C)c1. The Morgan fingerprint density at radius 2 is 1.92 bits per heavy atom. The smallest absolute Gasteiger partial charge is 0.407 e. The van der Waals surface area contributed by atoms with E-state index in [2.05, 4.69) is 5.32 Å². The second kappa shape index (κ2) is 12.7. The van der Waals surface area contributed by atoms with E-state index < -0.39 is 33.9 Å². The van der Waals surface area contributed by atoms with Gasteiger partial charge in [-0.2, -0.15) is 4.31 Å². The summed E-state index contributed by atoms with van der Waals surface area (Å²) in [5.74, 6) is 0.409. The van der Waals surface area contributed by atoms with Gasteiger partial charge in [-0.05, 0) is 57.7 Å². The first-order valence-electron chi connectivity index (χ1n) is 12.5. The monoisotopic (exact) mass is 534 g/mol. The fourth-order valence-electron chi connectivity index (χ4n) is 4.14. The second-order valence-electron chi connectivity index (χ2n) is 10.1. The molecule has 1 aliphatic rings. The number of sulfonamides is 1. The Balaban J connectivity index is 1.87. The van der Waals surface area contributed by atoms with Gasteiger partial charge >= 0.3 is 6.09 Å². The number of nitrogens with one attached hydrogen (secondary N) is 1. The van der Waals surface area contributed by atoms with Gasteiger partial charge in [-0.1, -0.05) is 36.4 Å². The topological polar surface area (TPSA) is 114 Å². The molecule has 0 spiro atoms. The van der Waals surface area contributed by atoms with Gasteiger partial charge in [-0.15, -0.1) is 0 Å². The molecule has 1 fully saturated rings. The molecule has 9 nitrogen and oxygen atoms in total. The fourth-order valence-corrected chi connectivity index (χ4v) is 5.67. The van der Waals surface area contributed by atoms with Gasteiger partial charge in [0.2, 0.25) is 10.0 Å². The summed E-state index contributed by atoms with van der Waals surface area (Å²) >= 11 is 0. The van der Waals surface area contributed by atoms with Crippen LogP contribution in [0.5, 0.6) is 5.75 Å². The van der Waals surface area contributed by atoms with Gasteiger partial charge in [0.05, 0.1) is 30.3 Å². The van der Waals surface area contributed by atoms with Crippen LogP contribution in [0.25, 0.3) is 0 Å². The number of nitrogens with zero attached hydrogens (tertiary/aromatic N) is 1. The molecule has 0 aliphatic carbocycles. The summed E-state index contributed by atoms with van der Waals surface area (Å²) in [6.45, 7) is 5.66. The van der Waals surface area contributed by atoms with Crippen LogP contribution in [0.3, 0.4) is 0 Å². The molecule has 10 heteroatoms. The van der Waals surface area contributed by atoms with E-state index in [1.807, 2.05) is 30.3 Å². The highest BCUT2D eigenvalue weighted by Gasteiger charge is 2.34. The average molecular weight is 535 g/mol. The Bertz CT molecular complexity index is 1110. The van der Waals surface area contributed by atoms with Crippen molar-refractivity contribution in [1.29, 1.82) is 0 Å². The van der Waals surface area contributed by atoms with Crippen LogP contribution in [-0.2, 0) is 25.9 Å². The third kappa shape index (κ3) is 8.70. The minimum Gasteiger partial charge on any atom is -0.497 e. The molecule has 1 heterocycles. The minimum atomic E-state index is -4.01. The number of aliphatic hydroxyl groups is 1. The van der Waals surface area contributed by atoms with E-state index >= 15 is 0 Å². The molecule has 37 heavy (non-hydrogen) atoms. The van der Waals surface area contributed by atoms with Crippen LogP contribution in [0, 0.1) is 0 Å². The Morgan fingerprint density at radius 1 is 1.19 bits per heavy atom. The first kappa shape index (κ1) is 28.9. The quantitative estimate of drug-likeness (QED) is 0.454. The number of amides is 1. The maximum atomic E-state index is 13.7.